The lowest BCUT2D eigenvalue weighted by molar-refractivity contribution is -0.133. The van der Waals surface area contributed by atoms with Crippen LogP contribution in [0.1, 0.15) is 44.2 Å². The van der Waals surface area contributed by atoms with E-state index in [0.29, 0.717) is 13.1 Å². The first-order valence-electron chi connectivity index (χ1n) is 9.22. The van der Waals surface area contributed by atoms with E-state index >= 15 is 0 Å². The average Bonchev–Trinajstić information content (AvgIpc) is 3.12. The maximum atomic E-state index is 13.1. The lowest BCUT2D eigenvalue weighted by Gasteiger charge is -2.28. The van der Waals surface area contributed by atoms with E-state index < -0.39 is 6.04 Å². The fourth-order valence-electron chi connectivity index (χ4n) is 3.22. The van der Waals surface area contributed by atoms with Crippen LogP contribution >= 0.6 is 0 Å². The summed E-state index contributed by atoms with van der Waals surface area (Å²) in [7, 11) is 0. The van der Waals surface area contributed by atoms with E-state index in [0.717, 1.165) is 22.3 Å². The van der Waals surface area contributed by atoms with Crippen LogP contribution in [0.4, 0.5) is 0 Å². The number of likely N-dealkylation sites (N-methyl/N-ethyl adjacent to an activating group) is 1. The van der Waals surface area contributed by atoms with Gasteiger partial charge in [-0.2, -0.15) is 0 Å². The van der Waals surface area contributed by atoms with Crippen molar-refractivity contribution in [2.24, 2.45) is 0 Å². The Hall–Kier alpha value is -2.59. The molecule has 3 rings (SSSR count). The van der Waals surface area contributed by atoms with Gasteiger partial charge in [0.2, 0.25) is 5.91 Å². The number of carbonyl (C=O) groups excluding carboxylic acids is 1. The molecule has 0 aliphatic rings. The molecule has 0 spiro atoms. The third kappa shape index (κ3) is 3.81. The van der Waals surface area contributed by atoms with Gasteiger partial charge in [-0.25, -0.2) is 0 Å². The maximum absolute atomic E-state index is 13.1. The monoisotopic (exact) mass is 350 g/mol. The Balaban J connectivity index is 1.88. The summed E-state index contributed by atoms with van der Waals surface area (Å²) in [5, 5.41) is 4.55. The van der Waals surface area contributed by atoms with Gasteiger partial charge < -0.3 is 9.32 Å². The van der Waals surface area contributed by atoms with Gasteiger partial charge in [0.05, 0.1) is 6.04 Å². The zero-order valence-corrected chi connectivity index (χ0v) is 15.6. The highest BCUT2D eigenvalue weighted by Crippen LogP contribution is 2.26. The van der Waals surface area contributed by atoms with Gasteiger partial charge in [-0.15, -0.1) is 0 Å². The first-order chi connectivity index (χ1) is 12.6. The topological polar surface area (TPSA) is 45.5 Å². The van der Waals surface area contributed by atoms with Crippen LogP contribution < -0.4 is 5.32 Å². The molecule has 136 valence electrons. The summed E-state index contributed by atoms with van der Waals surface area (Å²) in [4.78, 5) is 14.9. The molecule has 0 radical (unpaired) electrons. The third-order valence-corrected chi connectivity index (χ3v) is 4.74. The van der Waals surface area contributed by atoms with E-state index in [4.69, 9.17) is 4.42 Å². The Morgan fingerprint density at radius 2 is 1.69 bits per heavy atom. The van der Waals surface area contributed by atoms with Crippen LogP contribution in [-0.4, -0.2) is 23.9 Å². The predicted octanol–water partition coefficient (Wildman–Crippen LogP) is 4.69. The van der Waals surface area contributed by atoms with E-state index in [9.17, 15) is 4.79 Å². The van der Waals surface area contributed by atoms with E-state index in [-0.39, 0.29) is 11.9 Å². The number of fused-ring (bicyclic) bond motifs is 1. The number of rotatable bonds is 7. The number of nitrogens with one attached hydrogen (secondary N) is 1. The van der Waals surface area contributed by atoms with Crippen LogP contribution in [0.25, 0.3) is 11.0 Å². The number of amides is 1. The molecule has 0 fully saturated rings. The first kappa shape index (κ1) is 18.2. The molecule has 2 aromatic carbocycles. The Kier molecular flexibility index (Phi) is 5.74. The molecule has 0 aliphatic carbocycles. The molecule has 0 saturated heterocycles. The zero-order chi connectivity index (χ0) is 18.5. The van der Waals surface area contributed by atoms with Gasteiger partial charge in [-0.3, -0.25) is 10.1 Å². The fourth-order valence-corrected chi connectivity index (χ4v) is 3.22. The molecule has 3 aromatic rings. The highest BCUT2D eigenvalue weighted by atomic mass is 16.3. The van der Waals surface area contributed by atoms with Gasteiger partial charge in [0.25, 0.3) is 0 Å². The van der Waals surface area contributed by atoms with Crippen molar-refractivity contribution in [1.82, 2.24) is 10.2 Å². The summed E-state index contributed by atoms with van der Waals surface area (Å²) in [6.45, 7) is 7.43. The molecule has 4 nitrogen and oxygen atoms in total. The van der Waals surface area contributed by atoms with E-state index in [1.54, 1.807) is 0 Å². The van der Waals surface area contributed by atoms with Gasteiger partial charge in [-0.1, -0.05) is 48.5 Å². The Morgan fingerprint density at radius 3 is 2.35 bits per heavy atom. The van der Waals surface area contributed by atoms with Gasteiger partial charge in [0.15, 0.2) is 0 Å². The van der Waals surface area contributed by atoms with Gasteiger partial charge in [0.1, 0.15) is 17.4 Å². The molecular formula is C22H26N2O2. The van der Waals surface area contributed by atoms with E-state index in [2.05, 4.69) is 5.32 Å². The van der Waals surface area contributed by atoms with Crippen molar-refractivity contribution < 1.29 is 9.21 Å². The van der Waals surface area contributed by atoms with Crippen molar-refractivity contribution in [3.63, 3.8) is 0 Å². The number of para-hydroxylation sites is 1. The minimum atomic E-state index is -0.403. The molecule has 0 bridgehead atoms. The number of benzene rings is 2. The third-order valence-electron chi connectivity index (χ3n) is 4.74. The van der Waals surface area contributed by atoms with Crippen LogP contribution in [0.5, 0.6) is 0 Å². The van der Waals surface area contributed by atoms with Crippen LogP contribution in [0.3, 0.4) is 0 Å². The molecule has 4 heteroatoms. The molecule has 0 saturated carbocycles. The Morgan fingerprint density at radius 1 is 1.04 bits per heavy atom. The standard InChI is InChI=1S/C22H26N2O2/c1-4-24(5-2)22(25)21(17-11-7-6-8-12-17)23-16(3)20-15-18-13-9-10-14-19(18)26-20/h6-16,21,23H,4-5H2,1-3H3. The van der Waals surface area contributed by atoms with Crippen LogP contribution in [0.15, 0.2) is 65.1 Å². The molecule has 1 heterocycles. The van der Waals surface area contributed by atoms with Crippen molar-refractivity contribution in [2.75, 3.05) is 13.1 Å². The lowest BCUT2D eigenvalue weighted by Crippen LogP contribution is -2.41. The second kappa shape index (κ2) is 8.19. The highest BCUT2D eigenvalue weighted by molar-refractivity contribution is 5.83. The van der Waals surface area contributed by atoms with Crippen molar-refractivity contribution in [3.8, 4) is 0 Å². The minimum absolute atomic E-state index is 0.0872. The van der Waals surface area contributed by atoms with Gasteiger partial charge >= 0.3 is 0 Å². The van der Waals surface area contributed by atoms with Crippen molar-refractivity contribution in [1.29, 1.82) is 0 Å². The van der Waals surface area contributed by atoms with Crippen LogP contribution in [-0.2, 0) is 4.79 Å². The van der Waals surface area contributed by atoms with Gasteiger partial charge in [-0.05, 0) is 38.5 Å². The molecule has 1 N–H and O–H groups in total. The average molecular weight is 350 g/mol. The van der Waals surface area contributed by atoms with Crippen molar-refractivity contribution in [2.45, 2.75) is 32.9 Å². The molecule has 2 atom stereocenters. The largest absolute Gasteiger partial charge is 0.459 e. The number of hydrogen-bond donors (Lipinski definition) is 1. The predicted molar refractivity (Wildman–Crippen MR) is 105 cm³/mol. The second-order valence-electron chi connectivity index (χ2n) is 6.43. The highest BCUT2D eigenvalue weighted by Gasteiger charge is 2.27. The molecule has 26 heavy (non-hydrogen) atoms. The SMILES string of the molecule is CCN(CC)C(=O)C(NC(C)c1cc2ccccc2o1)c1ccccc1. The molecule has 1 amide bonds. The smallest absolute Gasteiger partial charge is 0.244 e. The second-order valence-corrected chi connectivity index (χ2v) is 6.43. The molecule has 1 aromatic heterocycles. The molecule has 0 aliphatic heterocycles. The Labute approximate surface area is 154 Å². The summed E-state index contributed by atoms with van der Waals surface area (Å²) in [5.41, 5.74) is 1.83. The number of nitrogens with zero attached hydrogens (tertiary/aromatic N) is 1. The Bertz CT molecular complexity index is 820. The quantitative estimate of drug-likeness (QED) is 0.672. The number of hydrogen-bond acceptors (Lipinski definition) is 3. The summed E-state index contributed by atoms with van der Waals surface area (Å²) >= 11 is 0. The summed E-state index contributed by atoms with van der Waals surface area (Å²) in [6, 6.07) is 19.4. The number of furan rings is 1. The summed E-state index contributed by atoms with van der Waals surface area (Å²) in [6.07, 6.45) is 0. The van der Waals surface area contributed by atoms with Crippen LogP contribution in [0, 0.1) is 0 Å². The lowest BCUT2D eigenvalue weighted by atomic mass is 10.0. The minimum Gasteiger partial charge on any atom is -0.459 e. The van der Waals surface area contributed by atoms with E-state index in [1.807, 2.05) is 86.3 Å². The van der Waals surface area contributed by atoms with Gasteiger partial charge in [0, 0.05) is 18.5 Å². The fraction of sp³-hybridized carbons (Fsp3) is 0.318. The van der Waals surface area contributed by atoms with Crippen LogP contribution in [0.2, 0.25) is 0 Å². The summed E-state index contributed by atoms with van der Waals surface area (Å²) < 4.78 is 5.97. The first-order valence-corrected chi connectivity index (χ1v) is 9.22. The normalized spacial score (nSPS) is 13.5. The van der Waals surface area contributed by atoms with Crippen molar-refractivity contribution >= 4 is 16.9 Å². The number of carbonyl (C=O) groups is 1. The summed E-state index contributed by atoms with van der Waals surface area (Å²) in [5.74, 6) is 0.920. The van der Waals surface area contributed by atoms with Crippen molar-refractivity contribution in [3.05, 3.63) is 72.0 Å². The molecular weight excluding hydrogens is 324 g/mol. The maximum Gasteiger partial charge on any atom is 0.244 e. The zero-order valence-electron chi connectivity index (χ0n) is 15.6. The van der Waals surface area contributed by atoms with E-state index in [1.165, 1.54) is 0 Å². The molecule has 2 unspecified atom stereocenters.